The summed E-state index contributed by atoms with van der Waals surface area (Å²) in [5.41, 5.74) is 5.61. The predicted molar refractivity (Wildman–Crippen MR) is 108 cm³/mol. The smallest absolute Gasteiger partial charge is 0.277 e. The molecule has 5 nitrogen and oxygen atoms in total. The Kier molecular flexibility index (Phi) is 5.96. The van der Waals surface area contributed by atoms with Gasteiger partial charge >= 0.3 is 0 Å². The Labute approximate surface area is 163 Å². The average molecular weight is 382 g/mol. The fraction of sp³-hybridized carbons (Fsp3) is 0.286. The second kappa shape index (κ2) is 8.39. The van der Waals surface area contributed by atoms with E-state index in [9.17, 15) is 4.79 Å². The number of hydrogen-bond acceptors (Lipinski definition) is 5. The molecule has 0 N–H and O–H groups in total. The number of aromatic nitrogens is 2. The summed E-state index contributed by atoms with van der Waals surface area (Å²) in [5.74, 6) is 0.757. The van der Waals surface area contributed by atoms with Gasteiger partial charge in [0.15, 0.2) is 0 Å². The first kappa shape index (κ1) is 19.2. The maximum Gasteiger partial charge on any atom is 0.277 e. The predicted octanol–water partition coefficient (Wildman–Crippen LogP) is 4.41. The lowest BCUT2D eigenvalue weighted by molar-refractivity contribution is -0.127. The first-order valence-corrected chi connectivity index (χ1v) is 9.75. The van der Waals surface area contributed by atoms with Crippen LogP contribution in [0.3, 0.4) is 0 Å². The van der Waals surface area contributed by atoms with Crippen molar-refractivity contribution in [2.45, 2.75) is 32.5 Å². The van der Waals surface area contributed by atoms with Gasteiger partial charge in [0.2, 0.25) is 11.8 Å². The van der Waals surface area contributed by atoms with Gasteiger partial charge in [-0.15, -0.1) is 10.2 Å². The molecule has 3 aromatic rings. The number of rotatable bonds is 6. The van der Waals surface area contributed by atoms with Gasteiger partial charge in [-0.2, -0.15) is 0 Å². The van der Waals surface area contributed by atoms with Crippen molar-refractivity contribution >= 4 is 17.7 Å². The standard InChI is InChI=1S/C21H23N3O2S/c1-14-9-10-17(11-16(14)3)20-22-23-21(26-20)27-13-19(25)24(4)12-18-8-6-5-7-15(18)2/h5-11H,12-13H2,1-4H3. The van der Waals surface area contributed by atoms with Crippen molar-refractivity contribution in [3.05, 3.63) is 64.7 Å². The molecular formula is C21H23N3O2S. The van der Waals surface area contributed by atoms with Crippen molar-refractivity contribution in [2.24, 2.45) is 0 Å². The molecule has 27 heavy (non-hydrogen) atoms. The molecule has 0 unspecified atom stereocenters. The number of nitrogens with zero attached hydrogens (tertiary/aromatic N) is 3. The number of benzene rings is 2. The Hall–Kier alpha value is -2.60. The lowest BCUT2D eigenvalue weighted by Crippen LogP contribution is -2.28. The summed E-state index contributed by atoms with van der Waals surface area (Å²) in [6, 6.07) is 14.1. The molecule has 140 valence electrons. The highest BCUT2D eigenvalue weighted by molar-refractivity contribution is 7.99. The Morgan fingerprint density at radius 2 is 1.81 bits per heavy atom. The summed E-state index contributed by atoms with van der Waals surface area (Å²) in [7, 11) is 1.81. The minimum absolute atomic E-state index is 0.0224. The normalized spacial score (nSPS) is 10.8. The van der Waals surface area contributed by atoms with Gasteiger partial charge in [-0.05, 0) is 55.2 Å². The topological polar surface area (TPSA) is 59.2 Å². The molecule has 3 rings (SSSR count). The van der Waals surface area contributed by atoms with Gasteiger partial charge in [0, 0.05) is 19.2 Å². The number of aryl methyl sites for hydroxylation is 3. The lowest BCUT2D eigenvalue weighted by Gasteiger charge is -2.17. The van der Waals surface area contributed by atoms with E-state index in [2.05, 4.69) is 30.1 Å². The Balaban J connectivity index is 1.58. The minimum Gasteiger partial charge on any atom is -0.411 e. The summed E-state index contributed by atoms with van der Waals surface area (Å²) >= 11 is 1.26. The Morgan fingerprint density at radius 1 is 1.04 bits per heavy atom. The third kappa shape index (κ3) is 4.77. The quantitative estimate of drug-likeness (QED) is 0.592. The number of hydrogen-bond donors (Lipinski definition) is 0. The SMILES string of the molecule is Cc1ccc(-c2nnc(SCC(=O)N(C)Cc3ccccc3C)o2)cc1C. The van der Waals surface area contributed by atoms with Gasteiger partial charge in [0.25, 0.3) is 5.22 Å². The highest BCUT2D eigenvalue weighted by Crippen LogP contribution is 2.25. The van der Waals surface area contributed by atoms with Crippen LogP contribution in [-0.2, 0) is 11.3 Å². The van der Waals surface area contributed by atoms with Gasteiger partial charge < -0.3 is 9.32 Å². The van der Waals surface area contributed by atoms with Gasteiger partial charge in [-0.1, -0.05) is 42.1 Å². The van der Waals surface area contributed by atoms with E-state index in [0.717, 1.165) is 11.1 Å². The molecule has 2 aromatic carbocycles. The van der Waals surface area contributed by atoms with Crippen LogP contribution < -0.4 is 0 Å². The largest absolute Gasteiger partial charge is 0.411 e. The van der Waals surface area contributed by atoms with E-state index in [1.165, 1.54) is 28.5 Å². The van der Waals surface area contributed by atoms with Crippen LogP contribution in [0.15, 0.2) is 52.1 Å². The van der Waals surface area contributed by atoms with Gasteiger partial charge in [0.1, 0.15) is 0 Å². The molecule has 0 fully saturated rings. The summed E-state index contributed by atoms with van der Waals surface area (Å²) < 4.78 is 5.70. The molecule has 1 heterocycles. The molecule has 0 aliphatic heterocycles. The van der Waals surface area contributed by atoms with Crippen LogP contribution in [0.5, 0.6) is 0 Å². The van der Waals surface area contributed by atoms with Crippen LogP contribution in [0.1, 0.15) is 22.3 Å². The van der Waals surface area contributed by atoms with E-state index in [-0.39, 0.29) is 11.7 Å². The molecule has 0 radical (unpaired) electrons. The van der Waals surface area contributed by atoms with Crippen molar-refractivity contribution in [3.63, 3.8) is 0 Å². The zero-order chi connectivity index (χ0) is 19.4. The first-order chi connectivity index (χ1) is 12.9. The number of thioether (sulfide) groups is 1. The second-order valence-corrected chi connectivity index (χ2v) is 7.56. The maximum absolute atomic E-state index is 12.4. The monoisotopic (exact) mass is 381 g/mol. The second-order valence-electron chi connectivity index (χ2n) is 6.64. The van der Waals surface area contributed by atoms with Crippen molar-refractivity contribution in [3.8, 4) is 11.5 Å². The molecule has 0 aliphatic carbocycles. The molecule has 0 saturated carbocycles. The van der Waals surface area contributed by atoms with E-state index >= 15 is 0 Å². The van der Waals surface area contributed by atoms with Crippen LogP contribution in [0.4, 0.5) is 0 Å². The number of carbonyl (C=O) groups excluding carboxylic acids is 1. The maximum atomic E-state index is 12.4. The fourth-order valence-electron chi connectivity index (χ4n) is 2.62. The molecular weight excluding hydrogens is 358 g/mol. The molecule has 0 spiro atoms. The van der Waals surface area contributed by atoms with Crippen molar-refractivity contribution in [1.29, 1.82) is 0 Å². The highest BCUT2D eigenvalue weighted by atomic mass is 32.2. The summed E-state index contributed by atoms with van der Waals surface area (Å²) in [5, 5.41) is 8.55. The van der Waals surface area contributed by atoms with E-state index in [1.54, 1.807) is 4.90 Å². The average Bonchev–Trinajstić information content (AvgIpc) is 3.13. The minimum atomic E-state index is 0.0224. The Morgan fingerprint density at radius 3 is 2.56 bits per heavy atom. The van der Waals surface area contributed by atoms with Crippen LogP contribution in [0, 0.1) is 20.8 Å². The van der Waals surface area contributed by atoms with Gasteiger partial charge in [0.05, 0.1) is 5.75 Å². The molecule has 0 atom stereocenters. The Bertz CT molecular complexity index is 952. The van der Waals surface area contributed by atoms with Crippen molar-refractivity contribution in [2.75, 3.05) is 12.8 Å². The summed E-state index contributed by atoms with van der Waals surface area (Å²) in [4.78, 5) is 14.1. The van der Waals surface area contributed by atoms with Crippen molar-refractivity contribution < 1.29 is 9.21 Å². The zero-order valence-electron chi connectivity index (χ0n) is 16.0. The van der Waals surface area contributed by atoms with Gasteiger partial charge in [-0.25, -0.2) is 0 Å². The fourth-order valence-corrected chi connectivity index (χ4v) is 3.33. The van der Waals surface area contributed by atoms with E-state index in [1.807, 2.05) is 50.4 Å². The molecule has 0 bridgehead atoms. The molecule has 1 aromatic heterocycles. The summed E-state index contributed by atoms with van der Waals surface area (Å²) in [6.07, 6.45) is 0. The molecule has 6 heteroatoms. The molecule has 1 amide bonds. The molecule has 0 aliphatic rings. The van der Waals surface area contributed by atoms with E-state index in [4.69, 9.17) is 4.42 Å². The zero-order valence-corrected chi connectivity index (χ0v) is 16.8. The number of amides is 1. The highest BCUT2D eigenvalue weighted by Gasteiger charge is 2.15. The van der Waals surface area contributed by atoms with Crippen LogP contribution in [0.25, 0.3) is 11.5 Å². The lowest BCUT2D eigenvalue weighted by atomic mass is 10.1. The van der Waals surface area contributed by atoms with E-state index in [0.29, 0.717) is 17.7 Å². The third-order valence-corrected chi connectivity index (χ3v) is 5.38. The molecule has 0 saturated heterocycles. The summed E-state index contributed by atoms with van der Waals surface area (Å²) in [6.45, 7) is 6.75. The van der Waals surface area contributed by atoms with Crippen LogP contribution >= 0.6 is 11.8 Å². The first-order valence-electron chi connectivity index (χ1n) is 8.76. The van der Waals surface area contributed by atoms with Crippen molar-refractivity contribution in [1.82, 2.24) is 15.1 Å². The van der Waals surface area contributed by atoms with Gasteiger partial charge in [-0.3, -0.25) is 4.79 Å². The van der Waals surface area contributed by atoms with Crippen LogP contribution in [-0.4, -0.2) is 33.8 Å². The third-order valence-electron chi connectivity index (χ3n) is 4.57. The van der Waals surface area contributed by atoms with E-state index < -0.39 is 0 Å². The number of carbonyl (C=O) groups is 1. The van der Waals surface area contributed by atoms with Crippen LogP contribution in [0.2, 0.25) is 0 Å².